The molecule has 0 amide bonds. The van der Waals surface area contributed by atoms with Crippen molar-refractivity contribution in [3.05, 3.63) is 35.4 Å². The normalized spacial score (nSPS) is 13.8. The summed E-state index contributed by atoms with van der Waals surface area (Å²) in [6.45, 7) is 14.9. The van der Waals surface area contributed by atoms with E-state index in [1.54, 1.807) is 0 Å². The van der Waals surface area contributed by atoms with Crippen LogP contribution in [-0.2, 0) is 17.8 Å². The monoisotopic (exact) mass is 277 g/mol. The van der Waals surface area contributed by atoms with Crippen LogP contribution >= 0.6 is 0 Å². The first-order valence-corrected chi connectivity index (χ1v) is 7.73. The molecule has 0 spiro atoms. The first kappa shape index (κ1) is 17.2. The van der Waals surface area contributed by atoms with E-state index in [2.05, 4.69) is 71.1 Å². The van der Waals surface area contributed by atoms with Crippen LogP contribution in [0.3, 0.4) is 0 Å². The van der Waals surface area contributed by atoms with Crippen LogP contribution in [0.1, 0.15) is 52.7 Å². The van der Waals surface area contributed by atoms with E-state index in [9.17, 15) is 0 Å². The molecule has 0 aliphatic carbocycles. The Kier molecular flexibility index (Phi) is 6.70. The molecule has 1 aromatic rings. The molecule has 114 valence electrons. The van der Waals surface area contributed by atoms with Crippen molar-refractivity contribution >= 4 is 0 Å². The summed E-state index contributed by atoms with van der Waals surface area (Å²) in [4.78, 5) is 0. The second kappa shape index (κ2) is 7.80. The average molecular weight is 277 g/mol. The Hall–Kier alpha value is -0.860. The zero-order chi connectivity index (χ0) is 15.2. The van der Waals surface area contributed by atoms with Crippen LogP contribution in [-0.4, -0.2) is 18.2 Å². The van der Waals surface area contributed by atoms with Crippen molar-refractivity contribution in [3.63, 3.8) is 0 Å². The smallest absolute Gasteiger partial charge is 0.0723 e. The zero-order valence-corrected chi connectivity index (χ0v) is 14.0. The number of nitrogens with one attached hydrogen (secondary N) is 1. The summed E-state index contributed by atoms with van der Waals surface area (Å²) < 4.78 is 5.96. The minimum atomic E-state index is 0.178. The second-order valence-electron chi connectivity index (χ2n) is 6.96. The van der Waals surface area contributed by atoms with E-state index in [1.165, 1.54) is 11.1 Å². The number of hydrogen-bond donors (Lipinski definition) is 1. The second-order valence-corrected chi connectivity index (χ2v) is 6.96. The molecule has 0 heterocycles. The number of rotatable bonds is 7. The van der Waals surface area contributed by atoms with Crippen molar-refractivity contribution in [1.29, 1.82) is 0 Å². The highest BCUT2D eigenvalue weighted by Crippen LogP contribution is 2.14. The van der Waals surface area contributed by atoms with E-state index in [0.717, 1.165) is 13.0 Å². The van der Waals surface area contributed by atoms with Gasteiger partial charge < -0.3 is 10.1 Å². The van der Waals surface area contributed by atoms with Crippen molar-refractivity contribution in [3.8, 4) is 0 Å². The SMILES string of the molecule is CC(C)C(C)OCc1ccccc1CCNC(C)(C)C. The molecule has 1 unspecified atom stereocenters. The third-order valence-electron chi connectivity index (χ3n) is 3.61. The molecule has 1 rings (SSSR count). The van der Waals surface area contributed by atoms with Crippen LogP contribution in [0, 0.1) is 5.92 Å². The van der Waals surface area contributed by atoms with Crippen LogP contribution < -0.4 is 5.32 Å². The number of benzene rings is 1. The van der Waals surface area contributed by atoms with Gasteiger partial charge in [0.15, 0.2) is 0 Å². The molecule has 1 N–H and O–H groups in total. The van der Waals surface area contributed by atoms with Crippen molar-refractivity contribution in [2.24, 2.45) is 5.92 Å². The van der Waals surface area contributed by atoms with Gasteiger partial charge in [-0.05, 0) is 57.7 Å². The summed E-state index contributed by atoms with van der Waals surface area (Å²) in [6.07, 6.45) is 1.35. The molecule has 1 aromatic carbocycles. The molecule has 2 nitrogen and oxygen atoms in total. The predicted molar refractivity (Wildman–Crippen MR) is 87.0 cm³/mol. The Labute approximate surface area is 124 Å². The number of hydrogen-bond acceptors (Lipinski definition) is 2. The fraction of sp³-hybridized carbons (Fsp3) is 0.667. The first-order valence-electron chi connectivity index (χ1n) is 7.73. The maximum atomic E-state index is 5.96. The lowest BCUT2D eigenvalue weighted by molar-refractivity contribution is 0.0232. The summed E-state index contributed by atoms with van der Waals surface area (Å²) in [5, 5.41) is 3.54. The van der Waals surface area contributed by atoms with Gasteiger partial charge in [-0.15, -0.1) is 0 Å². The van der Waals surface area contributed by atoms with Crippen LogP contribution in [0.2, 0.25) is 0 Å². The van der Waals surface area contributed by atoms with E-state index in [4.69, 9.17) is 4.74 Å². The van der Waals surface area contributed by atoms with Crippen LogP contribution in [0.4, 0.5) is 0 Å². The Morgan fingerprint density at radius 3 is 2.20 bits per heavy atom. The lowest BCUT2D eigenvalue weighted by atomic mass is 10.0. The van der Waals surface area contributed by atoms with Gasteiger partial charge in [0.2, 0.25) is 0 Å². The molecule has 0 aliphatic heterocycles. The van der Waals surface area contributed by atoms with Crippen molar-refractivity contribution in [2.45, 2.75) is 66.2 Å². The molecule has 1 atom stereocenters. The number of ether oxygens (including phenoxy) is 1. The zero-order valence-electron chi connectivity index (χ0n) is 14.0. The standard InChI is InChI=1S/C18H31NO/c1-14(2)15(3)20-13-17-10-8-7-9-16(17)11-12-19-18(4,5)6/h7-10,14-15,19H,11-13H2,1-6H3. The largest absolute Gasteiger partial charge is 0.374 e. The Morgan fingerprint density at radius 1 is 1.05 bits per heavy atom. The van der Waals surface area contributed by atoms with E-state index in [0.29, 0.717) is 18.6 Å². The summed E-state index contributed by atoms with van der Waals surface area (Å²) >= 11 is 0. The molecular weight excluding hydrogens is 246 g/mol. The van der Waals surface area contributed by atoms with Crippen LogP contribution in [0.15, 0.2) is 24.3 Å². The molecule has 0 saturated carbocycles. The Morgan fingerprint density at radius 2 is 1.65 bits per heavy atom. The molecule has 0 aromatic heterocycles. The van der Waals surface area contributed by atoms with E-state index < -0.39 is 0 Å². The van der Waals surface area contributed by atoms with Gasteiger partial charge in [0.1, 0.15) is 0 Å². The summed E-state index contributed by atoms with van der Waals surface area (Å²) in [7, 11) is 0. The maximum Gasteiger partial charge on any atom is 0.0723 e. The summed E-state index contributed by atoms with van der Waals surface area (Å²) in [6, 6.07) is 8.60. The van der Waals surface area contributed by atoms with Crippen molar-refractivity contribution in [1.82, 2.24) is 5.32 Å². The van der Waals surface area contributed by atoms with Gasteiger partial charge in [-0.1, -0.05) is 38.1 Å². The fourth-order valence-electron chi connectivity index (χ4n) is 1.93. The van der Waals surface area contributed by atoms with E-state index in [-0.39, 0.29) is 5.54 Å². The highest BCUT2D eigenvalue weighted by Gasteiger charge is 2.11. The Bertz CT molecular complexity index is 393. The molecule has 20 heavy (non-hydrogen) atoms. The van der Waals surface area contributed by atoms with Gasteiger partial charge in [-0.25, -0.2) is 0 Å². The fourth-order valence-corrected chi connectivity index (χ4v) is 1.93. The minimum absolute atomic E-state index is 0.178. The lowest BCUT2D eigenvalue weighted by Crippen LogP contribution is -2.37. The van der Waals surface area contributed by atoms with Crippen LogP contribution in [0.25, 0.3) is 0 Å². The molecule has 0 aliphatic rings. The lowest BCUT2D eigenvalue weighted by Gasteiger charge is -2.21. The summed E-state index contributed by atoms with van der Waals surface area (Å²) in [5.41, 5.74) is 2.88. The third-order valence-corrected chi connectivity index (χ3v) is 3.61. The average Bonchev–Trinajstić information content (AvgIpc) is 2.35. The van der Waals surface area contributed by atoms with Gasteiger partial charge >= 0.3 is 0 Å². The topological polar surface area (TPSA) is 21.3 Å². The highest BCUT2D eigenvalue weighted by molar-refractivity contribution is 5.26. The van der Waals surface area contributed by atoms with Crippen molar-refractivity contribution in [2.75, 3.05) is 6.54 Å². The third kappa shape index (κ3) is 6.53. The van der Waals surface area contributed by atoms with E-state index >= 15 is 0 Å². The van der Waals surface area contributed by atoms with Crippen LogP contribution in [0.5, 0.6) is 0 Å². The molecule has 0 radical (unpaired) electrons. The molecule has 0 saturated heterocycles. The maximum absolute atomic E-state index is 5.96. The van der Waals surface area contributed by atoms with E-state index in [1.807, 2.05) is 0 Å². The van der Waals surface area contributed by atoms with Crippen molar-refractivity contribution < 1.29 is 4.74 Å². The predicted octanol–water partition coefficient (Wildman–Crippen LogP) is 4.18. The molecular formula is C18H31NO. The summed E-state index contributed by atoms with van der Waals surface area (Å²) in [5.74, 6) is 0.560. The van der Waals surface area contributed by atoms with Gasteiger partial charge in [0.05, 0.1) is 12.7 Å². The molecule has 0 fully saturated rings. The minimum Gasteiger partial charge on any atom is -0.374 e. The first-order chi connectivity index (χ1) is 9.29. The Balaban J connectivity index is 2.55. The van der Waals surface area contributed by atoms with Gasteiger partial charge in [-0.3, -0.25) is 0 Å². The molecule has 2 heteroatoms. The van der Waals surface area contributed by atoms with Gasteiger partial charge in [0, 0.05) is 5.54 Å². The van der Waals surface area contributed by atoms with Gasteiger partial charge in [-0.2, -0.15) is 0 Å². The quantitative estimate of drug-likeness (QED) is 0.807. The molecule has 0 bridgehead atoms. The van der Waals surface area contributed by atoms with Gasteiger partial charge in [0.25, 0.3) is 0 Å². The highest BCUT2D eigenvalue weighted by atomic mass is 16.5.